The summed E-state index contributed by atoms with van der Waals surface area (Å²) in [5, 5.41) is 12.0. The summed E-state index contributed by atoms with van der Waals surface area (Å²) in [5.74, 6) is -1.12. The van der Waals surface area contributed by atoms with Gasteiger partial charge in [0.15, 0.2) is 0 Å². The third-order valence-electron chi connectivity index (χ3n) is 4.03. The zero-order valence-electron chi connectivity index (χ0n) is 14.0. The third-order valence-corrected chi connectivity index (χ3v) is 4.56. The van der Waals surface area contributed by atoms with E-state index >= 15 is 0 Å². The number of alkyl carbamates (subject to hydrolysis) is 1. The zero-order valence-corrected chi connectivity index (χ0v) is 15.6. The van der Waals surface area contributed by atoms with Crippen LogP contribution in [0.2, 0.25) is 0 Å². The number of hydrogen-bond donors (Lipinski definition) is 2. The first-order valence-corrected chi connectivity index (χ1v) is 8.56. The van der Waals surface area contributed by atoms with Crippen molar-refractivity contribution in [3.63, 3.8) is 0 Å². The summed E-state index contributed by atoms with van der Waals surface area (Å²) in [7, 11) is 0. The molecule has 0 saturated carbocycles. The number of nitrogens with one attached hydrogen (secondary N) is 1. The fourth-order valence-corrected chi connectivity index (χ4v) is 2.74. The lowest BCUT2D eigenvalue weighted by Crippen LogP contribution is -2.52. The number of carbonyl (C=O) groups is 2. The summed E-state index contributed by atoms with van der Waals surface area (Å²) in [6, 6.07) is 15.4. The number of ether oxygens (including phenoxy) is 1. The first-order chi connectivity index (χ1) is 11.8. The molecule has 5 nitrogen and oxygen atoms in total. The van der Waals surface area contributed by atoms with Gasteiger partial charge in [-0.05, 0) is 23.3 Å². The second kappa shape index (κ2) is 8.16. The second-order valence-electron chi connectivity index (χ2n) is 6.21. The molecule has 0 fully saturated rings. The van der Waals surface area contributed by atoms with Crippen LogP contribution in [0.3, 0.4) is 0 Å². The van der Waals surface area contributed by atoms with Gasteiger partial charge in [-0.15, -0.1) is 0 Å². The van der Waals surface area contributed by atoms with Gasteiger partial charge in [0.2, 0.25) is 0 Å². The van der Waals surface area contributed by atoms with E-state index in [0.717, 1.165) is 15.6 Å². The summed E-state index contributed by atoms with van der Waals surface area (Å²) in [6.45, 7) is 3.62. The Kier molecular flexibility index (Phi) is 6.20. The Hall–Kier alpha value is -2.34. The minimum atomic E-state index is -1.13. The molecular formula is C19H20BrNO4. The third kappa shape index (κ3) is 5.06. The molecule has 25 heavy (non-hydrogen) atoms. The van der Waals surface area contributed by atoms with Crippen LogP contribution in [0.1, 0.15) is 25.0 Å². The smallest absolute Gasteiger partial charge is 0.408 e. The standard InChI is InChI=1S/C19H20BrNO4/c1-19(2,14-8-10-15(20)11-9-14)16(17(22)23)21-18(24)25-12-13-6-4-3-5-7-13/h3-11,16H,12H2,1-2H3,(H,21,24)(H,22,23). The van der Waals surface area contributed by atoms with Gasteiger partial charge in [-0.1, -0.05) is 72.2 Å². The highest BCUT2D eigenvalue weighted by atomic mass is 79.9. The van der Waals surface area contributed by atoms with E-state index in [1.807, 2.05) is 54.6 Å². The monoisotopic (exact) mass is 405 g/mol. The first kappa shape index (κ1) is 19.0. The fourth-order valence-electron chi connectivity index (χ4n) is 2.48. The van der Waals surface area contributed by atoms with Crippen LogP contribution in [-0.4, -0.2) is 23.2 Å². The summed E-state index contributed by atoms with van der Waals surface area (Å²) >= 11 is 3.36. The van der Waals surface area contributed by atoms with E-state index < -0.39 is 23.5 Å². The maximum Gasteiger partial charge on any atom is 0.408 e. The highest BCUT2D eigenvalue weighted by Crippen LogP contribution is 2.28. The number of rotatable bonds is 6. The first-order valence-electron chi connectivity index (χ1n) is 7.77. The minimum absolute atomic E-state index is 0.0811. The van der Waals surface area contributed by atoms with Gasteiger partial charge in [0.1, 0.15) is 12.6 Å². The van der Waals surface area contributed by atoms with E-state index in [9.17, 15) is 14.7 Å². The summed E-state index contributed by atoms with van der Waals surface area (Å²) in [4.78, 5) is 23.8. The van der Waals surface area contributed by atoms with Gasteiger partial charge >= 0.3 is 12.1 Å². The molecule has 1 amide bonds. The molecule has 6 heteroatoms. The van der Waals surface area contributed by atoms with E-state index in [0.29, 0.717) is 0 Å². The molecule has 0 heterocycles. The minimum Gasteiger partial charge on any atom is -0.480 e. The number of benzene rings is 2. The van der Waals surface area contributed by atoms with Crippen LogP contribution in [0.25, 0.3) is 0 Å². The van der Waals surface area contributed by atoms with E-state index in [1.165, 1.54) is 0 Å². The fraction of sp³-hybridized carbons (Fsp3) is 0.263. The van der Waals surface area contributed by atoms with E-state index in [4.69, 9.17) is 4.74 Å². The molecule has 2 rings (SSSR count). The van der Waals surface area contributed by atoms with Gasteiger partial charge in [-0.25, -0.2) is 9.59 Å². The highest BCUT2D eigenvalue weighted by Gasteiger charge is 2.38. The maximum atomic E-state index is 12.1. The van der Waals surface area contributed by atoms with Crippen molar-refractivity contribution in [3.05, 3.63) is 70.2 Å². The SMILES string of the molecule is CC(C)(c1ccc(Br)cc1)C(NC(=O)OCc1ccccc1)C(=O)O. The normalized spacial score (nSPS) is 12.3. The van der Waals surface area contributed by atoms with Crippen molar-refractivity contribution in [2.75, 3.05) is 0 Å². The topological polar surface area (TPSA) is 75.6 Å². The van der Waals surface area contributed by atoms with Crippen molar-refractivity contribution in [1.82, 2.24) is 5.32 Å². The van der Waals surface area contributed by atoms with E-state index in [2.05, 4.69) is 21.2 Å². The summed E-state index contributed by atoms with van der Waals surface area (Å²) in [6.07, 6.45) is -0.763. The molecule has 0 saturated heterocycles. The summed E-state index contributed by atoms with van der Waals surface area (Å²) < 4.78 is 6.04. The van der Waals surface area contributed by atoms with Crippen LogP contribution in [0.15, 0.2) is 59.1 Å². The van der Waals surface area contributed by atoms with Crippen molar-refractivity contribution in [3.8, 4) is 0 Å². The van der Waals surface area contributed by atoms with Gasteiger partial charge in [0.05, 0.1) is 0 Å². The number of carbonyl (C=O) groups excluding carboxylic acids is 1. The Bertz CT molecular complexity index is 729. The number of hydrogen-bond acceptors (Lipinski definition) is 3. The molecule has 2 N–H and O–H groups in total. The molecule has 2 aromatic carbocycles. The van der Waals surface area contributed by atoms with Crippen LogP contribution >= 0.6 is 15.9 Å². The van der Waals surface area contributed by atoms with Gasteiger partial charge in [-0.2, -0.15) is 0 Å². The number of amides is 1. The average Bonchev–Trinajstić information content (AvgIpc) is 2.58. The lowest BCUT2D eigenvalue weighted by Gasteiger charge is -2.32. The van der Waals surface area contributed by atoms with Gasteiger partial charge in [-0.3, -0.25) is 0 Å². The van der Waals surface area contributed by atoms with Gasteiger partial charge in [0.25, 0.3) is 0 Å². The van der Waals surface area contributed by atoms with Crippen molar-refractivity contribution in [2.45, 2.75) is 31.9 Å². The molecule has 0 aliphatic rings. The Morgan fingerprint density at radius 1 is 1.12 bits per heavy atom. The number of aliphatic carboxylic acids is 1. The predicted octanol–water partition coefficient (Wildman–Crippen LogP) is 4.11. The highest BCUT2D eigenvalue weighted by molar-refractivity contribution is 9.10. The van der Waals surface area contributed by atoms with E-state index in [1.54, 1.807) is 13.8 Å². The maximum absolute atomic E-state index is 12.1. The second-order valence-corrected chi connectivity index (χ2v) is 7.12. The molecule has 0 aliphatic heterocycles. The quantitative estimate of drug-likeness (QED) is 0.757. The number of carboxylic acid groups (broad SMARTS) is 1. The van der Waals surface area contributed by atoms with Crippen molar-refractivity contribution < 1.29 is 19.4 Å². The lowest BCUT2D eigenvalue weighted by atomic mass is 9.77. The van der Waals surface area contributed by atoms with Crippen LogP contribution in [0.5, 0.6) is 0 Å². The van der Waals surface area contributed by atoms with Crippen molar-refractivity contribution >= 4 is 28.0 Å². The number of carboxylic acids is 1. The van der Waals surface area contributed by atoms with Gasteiger partial charge in [0, 0.05) is 9.89 Å². The molecule has 1 atom stereocenters. The van der Waals surface area contributed by atoms with Crippen LogP contribution in [0, 0.1) is 0 Å². The number of halogens is 1. The zero-order chi connectivity index (χ0) is 18.4. The Morgan fingerprint density at radius 2 is 1.72 bits per heavy atom. The Labute approximate surface area is 155 Å². The molecule has 0 aliphatic carbocycles. The molecule has 0 bridgehead atoms. The Morgan fingerprint density at radius 3 is 2.28 bits per heavy atom. The summed E-state index contributed by atoms with van der Waals surface area (Å²) in [5.41, 5.74) is 0.807. The molecule has 0 spiro atoms. The largest absolute Gasteiger partial charge is 0.480 e. The molecule has 0 radical (unpaired) electrons. The predicted molar refractivity (Wildman–Crippen MR) is 98.4 cm³/mol. The molecule has 2 aromatic rings. The van der Waals surface area contributed by atoms with Crippen molar-refractivity contribution in [2.24, 2.45) is 0 Å². The molecular weight excluding hydrogens is 386 g/mol. The van der Waals surface area contributed by atoms with Crippen molar-refractivity contribution in [1.29, 1.82) is 0 Å². The average molecular weight is 406 g/mol. The van der Waals surface area contributed by atoms with Crippen LogP contribution in [-0.2, 0) is 21.6 Å². The van der Waals surface area contributed by atoms with Gasteiger partial charge < -0.3 is 15.2 Å². The van der Waals surface area contributed by atoms with E-state index in [-0.39, 0.29) is 6.61 Å². The van der Waals surface area contributed by atoms with Crippen LogP contribution in [0.4, 0.5) is 4.79 Å². The van der Waals surface area contributed by atoms with Crippen LogP contribution < -0.4 is 5.32 Å². The lowest BCUT2D eigenvalue weighted by molar-refractivity contribution is -0.141. The molecule has 132 valence electrons. The molecule has 0 aromatic heterocycles. The Balaban J connectivity index is 2.07. The molecule has 1 unspecified atom stereocenters.